The van der Waals surface area contributed by atoms with Gasteiger partial charge in [0.15, 0.2) is 0 Å². The molecule has 138 valence electrons. The standard InChI is InChI=1S/C22H29N3O/c1-18(2)8-13-22(26)23-19-9-11-21(12-10-19)25-16-14-24(15-17-25)20-6-4-3-5-7-20/h3-7,9-12,18H,8,13-17H2,1-2H3,(H,23,26). The van der Waals surface area contributed by atoms with Gasteiger partial charge in [0.1, 0.15) is 0 Å². The Labute approximate surface area is 156 Å². The van der Waals surface area contributed by atoms with Crippen LogP contribution in [0.3, 0.4) is 0 Å². The zero-order chi connectivity index (χ0) is 18.4. The number of amides is 1. The van der Waals surface area contributed by atoms with Gasteiger partial charge in [-0.05, 0) is 48.7 Å². The van der Waals surface area contributed by atoms with Gasteiger partial charge in [0.2, 0.25) is 5.91 Å². The Hall–Kier alpha value is -2.49. The fourth-order valence-electron chi connectivity index (χ4n) is 3.26. The van der Waals surface area contributed by atoms with Crippen molar-refractivity contribution in [3.63, 3.8) is 0 Å². The largest absolute Gasteiger partial charge is 0.368 e. The number of nitrogens with zero attached hydrogens (tertiary/aromatic N) is 2. The van der Waals surface area contributed by atoms with Crippen molar-refractivity contribution in [2.75, 3.05) is 41.3 Å². The predicted molar refractivity (Wildman–Crippen MR) is 110 cm³/mol. The molecule has 0 bridgehead atoms. The van der Waals surface area contributed by atoms with Crippen LogP contribution >= 0.6 is 0 Å². The summed E-state index contributed by atoms with van der Waals surface area (Å²) in [7, 11) is 0. The molecule has 0 unspecified atom stereocenters. The number of para-hydroxylation sites is 1. The van der Waals surface area contributed by atoms with Crippen molar-refractivity contribution in [1.29, 1.82) is 0 Å². The van der Waals surface area contributed by atoms with Crippen LogP contribution in [-0.4, -0.2) is 32.1 Å². The number of hydrogen-bond acceptors (Lipinski definition) is 3. The van der Waals surface area contributed by atoms with E-state index in [1.165, 1.54) is 11.4 Å². The minimum Gasteiger partial charge on any atom is -0.368 e. The van der Waals surface area contributed by atoms with Gasteiger partial charge in [-0.2, -0.15) is 0 Å². The molecule has 0 atom stereocenters. The van der Waals surface area contributed by atoms with Crippen LogP contribution in [0, 0.1) is 5.92 Å². The topological polar surface area (TPSA) is 35.6 Å². The monoisotopic (exact) mass is 351 g/mol. The number of benzene rings is 2. The van der Waals surface area contributed by atoms with Crippen LogP contribution in [0.5, 0.6) is 0 Å². The Morgan fingerprint density at radius 2 is 1.42 bits per heavy atom. The van der Waals surface area contributed by atoms with E-state index in [1.54, 1.807) is 0 Å². The molecular weight excluding hydrogens is 322 g/mol. The molecule has 0 aliphatic carbocycles. The summed E-state index contributed by atoms with van der Waals surface area (Å²) >= 11 is 0. The second-order valence-corrected chi connectivity index (χ2v) is 7.34. The molecule has 1 aliphatic rings. The molecule has 0 saturated carbocycles. The molecule has 1 heterocycles. The maximum absolute atomic E-state index is 11.9. The van der Waals surface area contributed by atoms with Crippen LogP contribution in [-0.2, 0) is 4.79 Å². The first kappa shape index (κ1) is 18.3. The average molecular weight is 351 g/mol. The van der Waals surface area contributed by atoms with E-state index in [1.807, 2.05) is 12.1 Å². The highest BCUT2D eigenvalue weighted by Gasteiger charge is 2.17. The second-order valence-electron chi connectivity index (χ2n) is 7.34. The Bertz CT molecular complexity index is 689. The summed E-state index contributed by atoms with van der Waals surface area (Å²) in [6.45, 7) is 8.35. The number of nitrogens with one attached hydrogen (secondary N) is 1. The van der Waals surface area contributed by atoms with Crippen molar-refractivity contribution < 1.29 is 4.79 Å². The Morgan fingerprint density at radius 1 is 0.885 bits per heavy atom. The lowest BCUT2D eigenvalue weighted by Gasteiger charge is -2.37. The average Bonchev–Trinajstić information content (AvgIpc) is 2.68. The van der Waals surface area contributed by atoms with E-state index >= 15 is 0 Å². The Morgan fingerprint density at radius 3 is 1.96 bits per heavy atom. The summed E-state index contributed by atoms with van der Waals surface area (Å²) in [5.74, 6) is 0.653. The number of anilines is 3. The summed E-state index contributed by atoms with van der Waals surface area (Å²) in [5, 5.41) is 2.99. The molecule has 26 heavy (non-hydrogen) atoms. The first-order valence-corrected chi connectivity index (χ1v) is 9.56. The van der Waals surface area contributed by atoms with Gasteiger partial charge < -0.3 is 15.1 Å². The zero-order valence-electron chi connectivity index (χ0n) is 15.8. The first-order chi connectivity index (χ1) is 12.6. The second kappa shape index (κ2) is 8.75. The number of rotatable bonds is 6. The molecule has 0 radical (unpaired) electrons. The molecule has 1 N–H and O–H groups in total. The number of piperazine rings is 1. The minimum absolute atomic E-state index is 0.0999. The lowest BCUT2D eigenvalue weighted by molar-refractivity contribution is -0.116. The third kappa shape index (κ3) is 5.01. The molecule has 3 rings (SSSR count). The molecule has 0 spiro atoms. The van der Waals surface area contributed by atoms with Gasteiger partial charge in [-0.1, -0.05) is 32.0 Å². The fraction of sp³-hybridized carbons (Fsp3) is 0.409. The van der Waals surface area contributed by atoms with Gasteiger partial charge in [0.05, 0.1) is 0 Å². The van der Waals surface area contributed by atoms with Crippen molar-refractivity contribution in [1.82, 2.24) is 0 Å². The molecule has 2 aromatic carbocycles. The van der Waals surface area contributed by atoms with E-state index in [-0.39, 0.29) is 5.91 Å². The van der Waals surface area contributed by atoms with Gasteiger partial charge >= 0.3 is 0 Å². The third-order valence-corrected chi connectivity index (χ3v) is 4.87. The maximum Gasteiger partial charge on any atom is 0.224 e. The minimum atomic E-state index is 0.0999. The predicted octanol–water partition coefficient (Wildman–Crippen LogP) is 4.39. The van der Waals surface area contributed by atoms with Crippen LogP contribution in [0.4, 0.5) is 17.1 Å². The van der Waals surface area contributed by atoms with Crippen molar-refractivity contribution >= 4 is 23.0 Å². The Kier molecular flexibility index (Phi) is 6.16. The van der Waals surface area contributed by atoms with Gasteiger partial charge in [-0.25, -0.2) is 0 Å². The number of hydrogen-bond donors (Lipinski definition) is 1. The van der Waals surface area contributed by atoms with E-state index in [0.717, 1.165) is 38.3 Å². The lowest BCUT2D eigenvalue weighted by Crippen LogP contribution is -2.46. The van der Waals surface area contributed by atoms with Crippen LogP contribution in [0.15, 0.2) is 54.6 Å². The summed E-state index contributed by atoms with van der Waals surface area (Å²) in [5.41, 5.74) is 3.40. The lowest BCUT2D eigenvalue weighted by atomic mass is 10.1. The molecule has 4 heteroatoms. The highest BCUT2D eigenvalue weighted by Crippen LogP contribution is 2.22. The van der Waals surface area contributed by atoms with Crippen LogP contribution < -0.4 is 15.1 Å². The number of carbonyl (C=O) groups is 1. The quantitative estimate of drug-likeness (QED) is 0.838. The van der Waals surface area contributed by atoms with Crippen molar-refractivity contribution in [2.24, 2.45) is 5.92 Å². The van der Waals surface area contributed by atoms with Crippen LogP contribution in [0.1, 0.15) is 26.7 Å². The number of carbonyl (C=O) groups excluding carboxylic acids is 1. The summed E-state index contributed by atoms with van der Waals surface area (Å²) in [4.78, 5) is 16.8. The highest BCUT2D eigenvalue weighted by atomic mass is 16.1. The van der Waals surface area contributed by atoms with Crippen molar-refractivity contribution in [3.8, 4) is 0 Å². The van der Waals surface area contributed by atoms with Gasteiger partial charge in [-0.3, -0.25) is 4.79 Å². The molecule has 4 nitrogen and oxygen atoms in total. The third-order valence-electron chi connectivity index (χ3n) is 4.87. The molecule has 1 amide bonds. The molecular formula is C22H29N3O. The summed E-state index contributed by atoms with van der Waals surface area (Å²) < 4.78 is 0. The SMILES string of the molecule is CC(C)CCC(=O)Nc1ccc(N2CCN(c3ccccc3)CC2)cc1. The van der Waals surface area contributed by atoms with E-state index in [0.29, 0.717) is 12.3 Å². The van der Waals surface area contributed by atoms with Crippen molar-refractivity contribution in [2.45, 2.75) is 26.7 Å². The normalized spacial score (nSPS) is 14.6. The molecule has 1 saturated heterocycles. The van der Waals surface area contributed by atoms with Gasteiger partial charge in [0, 0.05) is 49.7 Å². The van der Waals surface area contributed by atoms with Gasteiger partial charge in [0.25, 0.3) is 0 Å². The highest BCUT2D eigenvalue weighted by molar-refractivity contribution is 5.90. The molecule has 1 aliphatic heterocycles. The van der Waals surface area contributed by atoms with Crippen molar-refractivity contribution in [3.05, 3.63) is 54.6 Å². The van der Waals surface area contributed by atoms with E-state index < -0.39 is 0 Å². The van der Waals surface area contributed by atoms with Gasteiger partial charge in [-0.15, -0.1) is 0 Å². The first-order valence-electron chi connectivity index (χ1n) is 9.56. The zero-order valence-corrected chi connectivity index (χ0v) is 15.8. The van der Waals surface area contributed by atoms with Crippen LogP contribution in [0.25, 0.3) is 0 Å². The Balaban J connectivity index is 1.51. The molecule has 0 aromatic heterocycles. The summed E-state index contributed by atoms with van der Waals surface area (Å²) in [6.07, 6.45) is 1.51. The van der Waals surface area contributed by atoms with E-state index in [2.05, 4.69) is 71.4 Å². The maximum atomic E-state index is 11.9. The molecule has 1 fully saturated rings. The van der Waals surface area contributed by atoms with E-state index in [9.17, 15) is 4.79 Å². The summed E-state index contributed by atoms with van der Waals surface area (Å²) in [6, 6.07) is 18.8. The van der Waals surface area contributed by atoms with Crippen LogP contribution in [0.2, 0.25) is 0 Å². The fourth-order valence-corrected chi connectivity index (χ4v) is 3.26. The smallest absolute Gasteiger partial charge is 0.224 e. The molecule has 2 aromatic rings. The van der Waals surface area contributed by atoms with E-state index in [4.69, 9.17) is 0 Å².